The largest absolute Gasteiger partial charge is 0.478 e. The van der Waals surface area contributed by atoms with Gasteiger partial charge in [0.1, 0.15) is 5.60 Å². The van der Waals surface area contributed by atoms with Crippen molar-refractivity contribution in [3.63, 3.8) is 0 Å². The number of rotatable bonds is 5. The predicted octanol–water partition coefficient (Wildman–Crippen LogP) is 0.651. The van der Waals surface area contributed by atoms with E-state index >= 15 is 0 Å². The van der Waals surface area contributed by atoms with E-state index in [1.54, 1.807) is 31.2 Å². The predicted molar refractivity (Wildman–Crippen MR) is 65.8 cm³/mol. The number of amides is 1. The summed E-state index contributed by atoms with van der Waals surface area (Å²) in [5.74, 6) is -1.76. The van der Waals surface area contributed by atoms with Crippen LogP contribution in [0.15, 0.2) is 42.5 Å². The third-order valence-corrected chi connectivity index (χ3v) is 2.38. The van der Waals surface area contributed by atoms with E-state index in [-0.39, 0.29) is 6.54 Å². The highest BCUT2D eigenvalue weighted by molar-refractivity contribution is 5.93. The van der Waals surface area contributed by atoms with Gasteiger partial charge in [-0.2, -0.15) is 0 Å². The molecule has 0 aromatic heterocycles. The van der Waals surface area contributed by atoms with Gasteiger partial charge in [-0.1, -0.05) is 30.3 Å². The van der Waals surface area contributed by atoms with Crippen molar-refractivity contribution in [3.05, 3.63) is 48.0 Å². The Morgan fingerprint density at radius 2 is 1.89 bits per heavy atom. The Labute approximate surface area is 105 Å². The van der Waals surface area contributed by atoms with Crippen LogP contribution in [-0.4, -0.2) is 28.6 Å². The fourth-order valence-corrected chi connectivity index (χ4v) is 1.36. The highest BCUT2D eigenvalue weighted by atomic mass is 16.4. The van der Waals surface area contributed by atoms with Gasteiger partial charge < -0.3 is 15.5 Å². The van der Waals surface area contributed by atoms with Crippen LogP contribution in [0.25, 0.3) is 0 Å². The van der Waals surface area contributed by atoms with Crippen LogP contribution in [0, 0.1) is 0 Å². The maximum atomic E-state index is 11.3. The van der Waals surface area contributed by atoms with Crippen LogP contribution >= 0.6 is 0 Å². The van der Waals surface area contributed by atoms with E-state index in [4.69, 9.17) is 5.11 Å². The average Bonchev–Trinajstić information content (AvgIpc) is 2.35. The number of carbonyl (C=O) groups excluding carboxylic acids is 1. The van der Waals surface area contributed by atoms with Gasteiger partial charge in [0.25, 0.3) is 0 Å². The fraction of sp³-hybridized carbons (Fsp3) is 0.231. The Hall–Kier alpha value is -2.14. The molecule has 1 amide bonds. The topological polar surface area (TPSA) is 86.6 Å². The van der Waals surface area contributed by atoms with Crippen molar-refractivity contribution in [2.45, 2.75) is 12.5 Å². The SMILES string of the molecule is CC(O)(CNC(=O)C=CC(=O)O)c1ccccc1. The molecule has 0 saturated carbocycles. The van der Waals surface area contributed by atoms with E-state index in [1.165, 1.54) is 0 Å². The van der Waals surface area contributed by atoms with Crippen LogP contribution in [0.5, 0.6) is 0 Å². The first-order chi connectivity index (χ1) is 8.42. The number of carboxylic acids is 1. The summed E-state index contributed by atoms with van der Waals surface area (Å²) >= 11 is 0. The van der Waals surface area contributed by atoms with Crippen LogP contribution in [0.2, 0.25) is 0 Å². The molecule has 0 saturated heterocycles. The second-order valence-corrected chi connectivity index (χ2v) is 4.03. The average molecular weight is 249 g/mol. The minimum Gasteiger partial charge on any atom is -0.478 e. The summed E-state index contributed by atoms with van der Waals surface area (Å²) in [4.78, 5) is 21.5. The molecule has 0 heterocycles. The van der Waals surface area contributed by atoms with Crippen LogP contribution < -0.4 is 5.32 Å². The van der Waals surface area contributed by atoms with E-state index in [1.807, 2.05) is 6.07 Å². The lowest BCUT2D eigenvalue weighted by molar-refractivity contribution is -0.131. The van der Waals surface area contributed by atoms with Crippen molar-refractivity contribution in [1.29, 1.82) is 0 Å². The number of hydrogen-bond acceptors (Lipinski definition) is 3. The summed E-state index contributed by atoms with van der Waals surface area (Å²) < 4.78 is 0. The molecule has 18 heavy (non-hydrogen) atoms. The molecule has 96 valence electrons. The van der Waals surface area contributed by atoms with Gasteiger partial charge in [-0.15, -0.1) is 0 Å². The van der Waals surface area contributed by atoms with Crippen molar-refractivity contribution in [3.8, 4) is 0 Å². The standard InChI is InChI=1S/C13H15NO4/c1-13(18,10-5-3-2-4-6-10)9-14-11(15)7-8-12(16)17/h2-8,18H,9H2,1H3,(H,14,15)(H,16,17). The van der Waals surface area contributed by atoms with Crippen molar-refractivity contribution < 1.29 is 19.8 Å². The zero-order valence-corrected chi connectivity index (χ0v) is 9.96. The number of carbonyl (C=O) groups is 2. The zero-order chi connectivity index (χ0) is 13.6. The van der Waals surface area contributed by atoms with Gasteiger partial charge in [0.15, 0.2) is 0 Å². The van der Waals surface area contributed by atoms with Crippen molar-refractivity contribution in [1.82, 2.24) is 5.32 Å². The van der Waals surface area contributed by atoms with Gasteiger partial charge in [0, 0.05) is 12.2 Å². The lowest BCUT2D eigenvalue weighted by Gasteiger charge is -2.23. The van der Waals surface area contributed by atoms with Gasteiger partial charge >= 0.3 is 5.97 Å². The van der Waals surface area contributed by atoms with Crippen molar-refractivity contribution in [2.24, 2.45) is 0 Å². The number of aliphatic carboxylic acids is 1. The normalized spacial score (nSPS) is 14.1. The van der Waals surface area contributed by atoms with E-state index in [9.17, 15) is 14.7 Å². The quantitative estimate of drug-likeness (QED) is 0.669. The second kappa shape index (κ2) is 5.97. The molecule has 0 bridgehead atoms. The molecule has 0 aliphatic heterocycles. The van der Waals surface area contributed by atoms with Gasteiger partial charge in [0.05, 0.1) is 6.54 Å². The first-order valence-corrected chi connectivity index (χ1v) is 5.38. The molecule has 0 aliphatic rings. The molecule has 5 heteroatoms. The van der Waals surface area contributed by atoms with Gasteiger partial charge in [-0.25, -0.2) is 4.79 Å². The number of nitrogens with one attached hydrogen (secondary N) is 1. The fourth-order valence-electron chi connectivity index (χ4n) is 1.36. The van der Waals surface area contributed by atoms with Crippen LogP contribution in [-0.2, 0) is 15.2 Å². The summed E-state index contributed by atoms with van der Waals surface area (Å²) in [5, 5.41) is 20.9. The van der Waals surface area contributed by atoms with Gasteiger partial charge in [-0.05, 0) is 12.5 Å². The third-order valence-electron chi connectivity index (χ3n) is 2.38. The number of hydrogen-bond donors (Lipinski definition) is 3. The van der Waals surface area contributed by atoms with E-state index in [0.717, 1.165) is 12.2 Å². The lowest BCUT2D eigenvalue weighted by atomic mass is 9.96. The minimum absolute atomic E-state index is 0.000193. The van der Waals surface area contributed by atoms with Crippen LogP contribution in [0.1, 0.15) is 12.5 Å². The van der Waals surface area contributed by atoms with E-state index < -0.39 is 17.5 Å². The maximum absolute atomic E-state index is 11.3. The molecule has 0 radical (unpaired) electrons. The molecule has 1 aromatic rings. The molecule has 1 aromatic carbocycles. The second-order valence-electron chi connectivity index (χ2n) is 4.03. The molecule has 5 nitrogen and oxygen atoms in total. The highest BCUT2D eigenvalue weighted by Crippen LogP contribution is 2.18. The Kier molecular flexibility index (Phi) is 4.62. The minimum atomic E-state index is -1.20. The molecular weight excluding hydrogens is 234 g/mol. The first-order valence-electron chi connectivity index (χ1n) is 5.38. The Morgan fingerprint density at radius 1 is 1.28 bits per heavy atom. The Morgan fingerprint density at radius 3 is 2.44 bits per heavy atom. The summed E-state index contributed by atoms with van der Waals surface area (Å²) in [6.07, 6.45) is 1.65. The van der Waals surface area contributed by atoms with Crippen LogP contribution in [0.3, 0.4) is 0 Å². The van der Waals surface area contributed by atoms with Crippen molar-refractivity contribution in [2.75, 3.05) is 6.54 Å². The van der Waals surface area contributed by atoms with Gasteiger partial charge in [0.2, 0.25) is 5.91 Å². The molecule has 0 spiro atoms. The highest BCUT2D eigenvalue weighted by Gasteiger charge is 2.22. The molecule has 0 aliphatic carbocycles. The summed E-state index contributed by atoms with van der Waals surface area (Å²) in [7, 11) is 0. The summed E-state index contributed by atoms with van der Waals surface area (Å²) in [5.41, 5.74) is -0.527. The zero-order valence-electron chi connectivity index (χ0n) is 9.96. The number of carboxylic acid groups (broad SMARTS) is 1. The smallest absolute Gasteiger partial charge is 0.328 e. The maximum Gasteiger partial charge on any atom is 0.328 e. The number of benzene rings is 1. The summed E-state index contributed by atoms with van der Waals surface area (Å²) in [6.45, 7) is 1.57. The molecule has 0 fully saturated rings. The Bertz CT molecular complexity index is 451. The molecule has 3 N–H and O–H groups in total. The monoisotopic (exact) mass is 249 g/mol. The number of aliphatic hydroxyl groups is 1. The third kappa shape index (κ3) is 4.39. The lowest BCUT2D eigenvalue weighted by Crippen LogP contribution is -2.37. The van der Waals surface area contributed by atoms with Crippen molar-refractivity contribution >= 4 is 11.9 Å². The molecule has 1 unspecified atom stereocenters. The Balaban J connectivity index is 2.57. The van der Waals surface area contributed by atoms with E-state index in [0.29, 0.717) is 5.56 Å². The molecule has 1 rings (SSSR count). The summed E-state index contributed by atoms with van der Waals surface area (Å²) in [6, 6.07) is 8.90. The molecular formula is C13H15NO4. The first kappa shape index (κ1) is 13.9. The van der Waals surface area contributed by atoms with Crippen LogP contribution in [0.4, 0.5) is 0 Å². The van der Waals surface area contributed by atoms with E-state index in [2.05, 4.69) is 5.32 Å². The molecule has 1 atom stereocenters. The van der Waals surface area contributed by atoms with Gasteiger partial charge in [-0.3, -0.25) is 4.79 Å².